The second kappa shape index (κ2) is 6.64. The molecule has 0 radical (unpaired) electrons. The van der Waals surface area contributed by atoms with Crippen molar-refractivity contribution in [1.82, 2.24) is 13.9 Å². The summed E-state index contributed by atoms with van der Waals surface area (Å²) < 4.78 is 8.19. The second-order valence-electron chi connectivity index (χ2n) is 5.48. The van der Waals surface area contributed by atoms with Gasteiger partial charge in [0.1, 0.15) is 5.75 Å². The maximum Gasteiger partial charge on any atom is 0.348 e. The number of hydrogen-bond donors (Lipinski definition) is 1. The predicted molar refractivity (Wildman–Crippen MR) is 90.6 cm³/mol. The average Bonchev–Trinajstić information content (AvgIpc) is 2.87. The van der Waals surface area contributed by atoms with E-state index in [9.17, 15) is 19.5 Å². The van der Waals surface area contributed by atoms with E-state index < -0.39 is 29.4 Å². The van der Waals surface area contributed by atoms with Crippen molar-refractivity contribution in [3.05, 3.63) is 62.9 Å². The van der Waals surface area contributed by atoms with E-state index >= 15 is 0 Å². The lowest BCUT2D eigenvalue weighted by Crippen LogP contribution is -2.38. The summed E-state index contributed by atoms with van der Waals surface area (Å²) in [4.78, 5) is 36.7. The lowest BCUT2D eigenvalue weighted by atomic mass is 10.0. The molecule has 132 valence electrons. The van der Waals surface area contributed by atoms with Crippen molar-refractivity contribution in [2.45, 2.75) is 18.6 Å². The number of carboxylic acid groups (broad SMARTS) is 1. The summed E-state index contributed by atoms with van der Waals surface area (Å²) in [6.45, 7) is 0.00783. The molecule has 0 aliphatic carbocycles. The van der Waals surface area contributed by atoms with Crippen LogP contribution in [0, 0.1) is 0 Å². The van der Waals surface area contributed by atoms with Crippen LogP contribution in [0.25, 0.3) is 0 Å². The van der Waals surface area contributed by atoms with Crippen LogP contribution in [0.3, 0.4) is 0 Å². The quantitative estimate of drug-likeness (QED) is 0.626. The first kappa shape index (κ1) is 17.1. The first-order valence-electron chi connectivity index (χ1n) is 7.54. The Bertz CT molecular complexity index is 938. The third kappa shape index (κ3) is 2.78. The topological polar surface area (TPSA) is 95.5 Å². The van der Waals surface area contributed by atoms with Crippen LogP contribution in [0.5, 0.6) is 5.75 Å². The predicted octanol–water partition coefficient (Wildman–Crippen LogP) is 0.844. The number of nitrogens with zero attached hydrogens (tertiary/aromatic N) is 3. The summed E-state index contributed by atoms with van der Waals surface area (Å²) in [6.07, 6.45) is 3.01. The van der Waals surface area contributed by atoms with E-state index in [1.807, 2.05) is 0 Å². The van der Waals surface area contributed by atoms with Crippen LogP contribution in [0.1, 0.15) is 17.6 Å². The van der Waals surface area contributed by atoms with Crippen LogP contribution in [-0.2, 0) is 11.3 Å². The van der Waals surface area contributed by atoms with Crippen molar-refractivity contribution >= 4 is 17.6 Å². The third-order valence-corrected chi connectivity index (χ3v) is 4.28. The minimum Gasteiger partial charge on any atom is -0.497 e. The highest BCUT2D eigenvalue weighted by atomic mass is 35.5. The van der Waals surface area contributed by atoms with Gasteiger partial charge in [0.05, 0.1) is 13.2 Å². The van der Waals surface area contributed by atoms with Crippen LogP contribution < -0.4 is 16.1 Å². The summed E-state index contributed by atoms with van der Waals surface area (Å²) >= 11 is 5.67. The third-order valence-electron chi connectivity index (χ3n) is 4.11. The maximum absolute atomic E-state index is 12.7. The fraction of sp³-hybridized carbons (Fsp3) is 0.312. The van der Waals surface area contributed by atoms with Gasteiger partial charge in [0.25, 0.3) is 0 Å². The molecule has 0 fully saturated rings. The molecule has 9 heteroatoms. The molecule has 0 saturated carbocycles. The van der Waals surface area contributed by atoms with Crippen LogP contribution in [-0.4, -0.2) is 38.0 Å². The Labute approximate surface area is 147 Å². The smallest absolute Gasteiger partial charge is 0.348 e. The molecule has 2 aromatic rings. The monoisotopic (exact) mass is 365 g/mol. The van der Waals surface area contributed by atoms with E-state index in [1.54, 1.807) is 37.5 Å². The van der Waals surface area contributed by atoms with Gasteiger partial charge in [-0.15, -0.1) is 11.6 Å². The number of benzene rings is 1. The van der Waals surface area contributed by atoms with Crippen molar-refractivity contribution in [3.63, 3.8) is 0 Å². The summed E-state index contributed by atoms with van der Waals surface area (Å²) in [7, 11) is 1.54. The number of aliphatic carboxylic acids is 1. The number of rotatable bonds is 5. The van der Waals surface area contributed by atoms with E-state index in [2.05, 4.69) is 0 Å². The Morgan fingerprint density at radius 1 is 1.16 bits per heavy atom. The average molecular weight is 366 g/mol. The molecular formula is C16H16ClN3O5. The van der Waals surface area contributed by atoms with Crippen LogP contribution in [0.15, 0.2) is 46.0 Å². The molecule has 0 spiro atoms. The number of carbonyl (C=O) groups is 1. The molecule has 0 bridgehead atoms. The maximum atomic E-state index is 12.7. The molecule has 1 aliphatic heterocycles. The highest BCUT2D eigenvalue weighted by Gasteiger charge is 2.32. The summed E-state index contributed by atoms with van der Waals surface area (Å²) in [5.41, 5.74) is -0.567. The standard InChI is InChI=1S/C16H16ClN3O5/c1-25-11-4-2-10(3-5-11)12-6-7-13(14(21)22)20-16(24)18(9-8-17)15(23)19(12)20/h2-7,12-13H,8-9H2,1H3,(H,21,22). The first-order chi connectivity index (χ1) is 12.0. The lowest BCUT2D eigenvalue weighted by Gasteiger charge is -2.25. The Morgan fingerprint density at radius 3 is 2.36 bits per heavy atom. The fourth-order valence-corrected chi connectivity index (χ4v) is 3.08. The minimum atomic E-state index is -1.24. The van der Waals surface area contributed by atoms with E-state index in [0.29, 0.717) is 5.75 Å². The van der Waals surface area contributed by atoms with Crippen molar-refractivity contribution in [2.24, 2.45) is 0 Å². The van der Waals surface area contributed by atoms with E-state index in [-0.39, 0.29) is 12.4 Å². The number of carboxylic acids is 1. The number of aromatic nitrogens is 3. The summed E-state index contributed by atoms with van der Waals surface area (Å²) in [5.74, 6) is -0.503. The number of alkyl halides is 1. The van der Waals surface area contributed by atoms with Gasteiger partial charge >= 0.3 is 17.3 Å². The second-order valence-corrected chi connectivity index (χ2v) is 5.86. The first-order valence-corrected chi connectivity index (χ1v) is 8.08. The molecule has 0 saturated heterocycles. The van der Waals surface area contributed by atoms with Gasteiger partial charge in [0, 0.05) is 12.4 Å². The van der Waals surface area contributed by atoms with Gasteiger partial charge in [-0.2, -0.15) is 0 Å². The molecule has 2 heterocycles. The highest BCUT2D eigenvalue weighted by molar-refractivity contribution is 6.17. The van der Waals surface area contributed by atoms with Gasteiger partial charge in [-0.25, -0.2) is 28.3 Å². The highest BCUT2D eigenvalue weighted by Crippen LogP contribution is 2.26. The zero-order chi connectivity index (χ0) is 18.1. The van der Waals surface area contributed by atoms with Gasteiger partial charge < -0.3 is 9.84 Å². The molecule has 1 N–H and O–H groups in total. The number of hydrogen-bond acceptors (Lipinski definition) is 4. The van der Waals surface area contributed by atoms with E-state index in [0.717, 1.165) is 19.5 Å². The van der Waals surface area contributed by atoms with Crippen molar-refractivity contribution in [2.75, 3.05) is 13.0 Å². The van der Waals surface area contributed by atoms with Crippen LogP contribution in [0.2, 0.25) is 0 Å². The molecule has 25 heavy (non-hydrogen) atoms. The van der Waals surface area contributed by atoms with Gasteiger partial charge in [-0.05, 0) is 17.7 Å². The molecular weight excluding hydrogens is 350 g/mol. The molecule has 1 aromatic heterocycles. The van der Waals surface area contributed by atoms with Gasteiger partial charge in [0.2, 0.25) is 0 Å². The minimum absolute atomic E-state index is 0.00783. The molecule has 1 aliphatic rings. The van der Waals surface area contributed by atoms with Gasteiger partial charge in [-0.3, -0.25) is 0 Å². The number of methoxy groups -OCH3 is 1. The Balaban J connectivity index is 2.20. The Kier molecular flexibility index (Phi) is 4.54. The number of halogens is 1. The van der Waals surface area contributed by atoms with Crippen LogP contribution in [0.4, 0.5) is 0 Å². The molecule has 3 rings (SSSR count). The number of ether oxygens (including phenoxy) is 1. The zero-order valence-electron chi connectivity index (χ0n) is 13.3. The number of fused-ring (bicyclic) bond motifs is 1. The molecule has 2 unspecified atom stereocenters. The largest absolute Gasteiger partial charge is 0.497 e. The van der Waals surface area contributed by atoms with E-state index in [1.165, 1.54) is 6.08 Å². The molecule has 8 nitrogen and oxygen atoms in total. The zero-order valence-corrected chi connectivity index (χ0v) is 14.1. The number of allylic oxidation sites excluding steroid dienone is 1. The fourth-order valence-electron chi connectivity index (χ4n) is 2.91. The van der Waals surface area contributed by atoms with Crippen molar-refractivity contribution in [1.29, 1.82) is 0 Å². The molecule has 0 amide bonds. The normalized spacial score (nSPS) is 18.8. The SMILES string of the molecule is COc1ccc(C2C=CC(C(=O)O)n3c(=O)n(CCCl)c(=O)n32)cc1. The van der Waals surface area contributed by atoms with Gasteiger partial charge in [0.15, 0.2) is 6.04 Å². The van der Waals surface area contributed by atoms with Crippen LogP contribution >= 0.6 is 11.6 Å². The Morgan fingerprint density at radius 2 is 1.80 bits per heavy atom. The summed E-state index contributed by atoms with van der Waals surface area (Å²) in [6, 6.07) is 5.14. The van der Waals surface area contributed by atoms with E-state index in [4.69, 9.17) is 16.3 Å². The van der Waals surface area contributed by atoms with Crippen molar-refractivity contribution in [3.8, 4) is 5.75 Å². The molecule has 1 aromatic carbocycles. The lowest BCUT2D eigenvalue weighted by molar-refractivity contribution is -0.140. The van der Waals surface area contributed by atoms with Gasteiger partial charge in [-0.1, -0.05) is 24.3 Å². The van der Waals surface area contributed by atoms with Crippen molar-refractivity contribution < 1.29 is 14.6 Å². The Hall–Kier alpha value is -2.74. The summed E-state index contributed by atoms with van der Waals surface area (Å²) in [5, 5.41) is 9.39. The molecule has 2 atom stereocenters.